The van der Waals surface area contributed by atoms with Gasteiger partial charge in [-0.1, -0.05) is 6.07 Å². The van der Waals surface area contributed by atoms with E-state index in [1.54, 1.807) is 20.3 Å². The molecule has 4 aliphatic rings. The van der Waals surface area contributed by atoms with Crippen molar-refractivity contribution in [2.45, 2.75) is 30.9 Å². The zero-order valence-corrected chi connectivity index (χ0v) is 15.7. The van der Waals surface area contributed by atoms with Crippen molar-refractivity contribution >= 4 is 5.57 Å². The highest BCUT2D eigenvalue weighted by Crippen LogP contribution is 2.52. The Morgan fingerprint density at radius 3 is 2.56 bits per heavy atom. The van der Waals surface area contributed by atoms with Gasteiger partial charge in [0, 0.05) is 24.4 Å². The van der Waals surface area contributed by atoms with E-state index in [0.29, 0.717) is 5.76 Å². The fraction of sp³-hybridized carbons (Fsp3) is 0.455. The quantitative estimate of drug-likeness (QED) is 0.842. The summed E-state index contributed by atoms with van der Waals surface area (Å²) in [6.07, 6.45) is 5.88. The number of phenols is 1. The Morgan fingerprint density at radius 1 is 1.07 bits per heavy atom. The Bertz CT molecular complexity index is 884. The van der Waals surface area contributed by atoms with Crippen molar-refractivity contribution < 1.29 is 19.7 Å². The second-order valence-electron chi connectivity index (χ2n) is 7.86. The number of methoxy groups -OCH3 is 2. The van der Waals surface area contributed by atoms with E-state index >= 15 is 0 Å². The molecule has 4 unspecified atom stereocenters. The summed E-state index contributed by atoms with van der Waals surface area (Å²) in [6, 6.07) is 5.71. The smallest absolute Gasteiger partial charge is 0.157 e. The maximum absolute atomic E-state index is 11.2. The second kappa shape index (κ2) is 6.14. The molecule has 0 amide bonds. The molecule has 1 aromatic rings. The Morgan fingerprint density at radius 2 is 1.81 bits per heavy atom. The summed E-state index contributed by atoms with van der Waals surface area (Å²) in [5, 5.41) is 21.4. The van der Waals surface area contributed by atoms with Crippen molar-refractivity contribution in [3.63, 3.8) is 0 Å². The molecule has 0 bridgehead atoms. The van der Waals surface area contributed by atoms with Gasteiger partial charge in [-0.25, -0.2) is 0 Å². The zero-order chi connectivity index (χ0) is 18.7. The second-order valence-corrected chi connectivity index (χ2v) is 7.86. The van der Waals surface area contributed by atoms with E-state index < -0.39 is 6.10 Å². The van der Waals surface area contributed by atoms with Gasteiger partial charge in [0.15, 0.2) is 11.5 Å². The monoisotopic (exact) mass is 367 g/mol. The minimum absolute atomic E-state index is 0.0612. The largest absolute Gasteiger partial charge is 0.508 e. The minimum atomic E-state index is -0.493. The van der Waals surface area contributed by atoms with E-state index in [1.807, 2.05) is 12.1 Å². The predicted octanol–water partition coefficient (Wildman–Crippen LogP) is 2.77. The van der Waals surface area contributed by atoms with Crippen LogP contribution in [0, 0.1) is 5.92 Å². The van der Waals surface area contributed by atoms with E-state index in [0.717, 1.165) is 48.4 Å². The molecule has 142 valence electrons. The molecule has 0 radical (unpaired) electrons. The molecule has 2 heterocycles. The Labute approximate surface area is 159 Å². The first-order valence-corrected chi connectivity index (χ1v) is 9.62. The average molecular weight is 367 g/mol. The van der Waals surface area contributed by atoms with E-state index in [9.17, 15) is 10.2 Å². The lowest BCUT2D eigenvalue weighted by molar-refractivity contribution is 0.105. The summed E-state index contributed by atoms with van der Waals surface area (Å²) >= 11 is 0. The van der Waals surface area contributed by atoms with Gasteiger partial charge in [0.05, 0.1) is 20.3 Å². The molecule has 0 spiro atoms. The number of benzene rings is 1. The molecule has 2 N–H and O–H groups in total. The maximum atomic E-state index is 11.2. The number of ether oxygens (including phenoxy) is 2. The van der Waals surface area contributed by atoms with Crippen LogP contribution in [0.2, 0.25) is 0 Å². The van der Waals surface area contributed by atoms with Crippen molar-refractivity contribution in [3.8, 4) is 5.75 Å². The van der Waals surface area contributed by atoms with Crippen molar-refractivity contribution in [1.29, 1.82) is 0 Å². The lowest BCUT2D eigenvalue weighted by Gasteiger charge is -2.45. The van der Waals surface area contributed by atoms with Crippen LogP contribution in [0.3, 0.4) is 0 Å². The van der Waals surface area contributed by atoms with Gasteiger partial charge in [0.25, 0.3) is 0 Å². The number of aromatic hydroxyl groups is 1. The van der Waals surface area contributed by atoms with Crippen molar-refractivity contribution in [3.05, 3.63) is 58.6 Å². The number of fused-ring (bicyclic) bond motifs is 6. The third-order valence-corrected chi connectivity index (χ3v) is 6.61. The van der Waals surface area contributed by atoms with Gasteiger partial charge in [-0.15, -0.1) is 0 Å². The van der Waals surface area contributed by atoms with Crippen LogP contribution in [-0.4, -0.2) is 54.6 Å². The van der Waals surface area contributed by atoms with Gasteiger partial charge in [0.1, 0.15) is 5.75 Å². The van der Waals surface area contributed by atoms with Gasteiger partial charge in [-0.2, -0.15) is 0 Å². The van der Waals surface area contributed by atoms with Crippen molar-refractivity contribution in [1.82, 2.24) is 4.90 Å². The Hall–Kier alpha value is -2.24. The fourth-order valence-corrected chi connectivity index (χ4v) is 5.42. The van der Waals surface area contributed by atoms with Crippen molar-refractivity contribution in [2.24, 2.45) is 5.92 Å². The summed E-state index contributed by atoms with van der Waals surface area (Å²) in [5.74, 6) is 1.85. The standard InChI is InChI=1S/C22H25NO4/c1-26-19-9-15-14-8-12(24)5-6-13(14)21-17(16(15)10-20(19)27-2)11-23-7-3-4-18(23)22(21)25/h5-6,8-10,15-16,18,22,24-25H,3-4,7,11H2,1-2H3. The predicted molar refractivity (Wildman–Crippen MR) is 102 cm³/mol. The number of hydrogen-bond acceptors (Lipinski definition) is 5. The molecule has 27 heavy (non-hydrogen) atoms. The highest BCUT2D eigenvalue weighted by atomic mass is 16.5. The average Bonchev–Trinajstić information content (AvgIpc) is 3.16. The third kappa shape index (κ3) is 2.38. The van der Waals surface area contributed by atoms with Crippen LogP contribution in [0.15, 0.2) is 47.4 Å². The lowest BCUT2D eigenvalue weighted by atomic mass is 9.66. The van der Waals surface area contributed by atoms with E-state index in [4.69, 9.17) is 9.47 Å². The molecule has 5 nitrogen and oxygen atoms in total. The van der Waals surface area contributed by atoms with Crippen LogP contribution in [0.4, 0.5) is 0 Å². The molecule has 5 rings (SSSR count). The SMILES string of the molecule is COC1=CC2C3=C(c4ccc(O)cc4C2C=C1OC)C(O)C1CCCN1C3. The number of allylic oxidation sites excluding steroid dienone is 2. The molecule has 5 heteroatoms. The molecule has 1 fully saturated rings. The van der Waals surface area contributed by atoms with Gasteiger partial charge in [0.2, 0.25) is 0 Å². The van der Waals surface area contributed by atoms with Crippen molar-refractivity contribution in [2.75, 3.05) is 27.3 Å². The number of hydrogen-bond donors (Lipinski definition) is 2. The molecule has 0 saturated carbocycles. The van der Waals surface area contributed by atoms with E-state index in [2.05, 4.69) is 17.1 Å². The van der Waals surface area contributed by atoms with Crippen LogP contribution in [0.5, 0.6) is 5.75 Å². The van der Waals surface area contributed by atoms with Crippen LogP contribution < -0.4 is 0 Å². The lowest BCUT2D eigenvalue weighted by Crippen LogP contribution is -2.48. The molecule has 1 saturated heterocycles. The number of nitrogens with zero attached hydrogens (tertiary/aromatic N) is 1. The number of aliphatic hydroxyl groups is 1. The van der Waals surface area contributed by atoms with Gasteiger partial charge >= 0.3 is 0 Å². The summed E-state index contributed by atoms with van der Waals surface area (Å²) in [6.45, 7) is 1.92. The highest BCUT2D eigenvalue weighted by molar-refractivity contribution is 5.80. The number of aliphatic hydroxyl groups excluding tert-OH is 1. The van der Waals surface area contributed by atoms with Crippen LogP contribution in [0.25, 0.3) is 5.57 Å². The molecule has 4 atom stereocenters. The molecule has 2 aliphatic heterocycles. The van der Waals surface area contributed by atoms with Gasteiger partial charge in [-0.3, -0.25) is 4.90 Å². The van der Waals surface area contributed by atoms with Crippen LogP contribution in [0.1, 0.15) is 29.9 Å². The Balaban J connectivity index is 1.72. The third-order valence-electron chi connectivity index (χ3n) is 6.61. The number of phenolic OH excluding ortho intramolecular Hbond substituents is 1. The number of rotatable bonds is 2. The highest BCUT2D eigenvalue weighted by Gasteiger charge is 2.46. The summed E-state index contributed by atoms with van der Waals surface area (Å²) in [7, 11) is 3.30. The van der Waals surface area contributed by atoms with E-state index in [-0.39, 0.29) is 23.6 Å². The Kier molecular flexibility index (Phi) is 3.85. The fourth-order valence-electron chi connectivity index (χ4n) is 5.42. The first kappa shape index (κ1) is 16.9. The summed E-state index contributed by atoms with van der Waals surface area (Å²) in [5.41, 5.74) is 4.43. The zero-order valence-electron chi connectivity index (χ0n) is 15.7. The van der Waals surface area contributed by atoms with Gasteiger partial charge in [-0.05, 0) is 65.9 Å². The first-order valence-electron chi connectivity index (χ1n) is 9.62. The molecule has 0 aromatic heterocycles. The molecule has 1 aromatic carbocycles. The first-order chi connectivity index (χ1) is 13.1. The maximum Gasteiger partial charge on any atom is 0.157 e. The topological polar surface area (TPSA) is 62.2 Å². The van der Waals surface area contributed by atoms with Crippen LogP contribution >= 0.6 is 0 Å². The van der Waals surface area contributed by atoms with E-state index in [1.165, 1.54) is 5.57 Å². The summed E-state index contributed by atoms with van der Waals surface area (Å²) < 4.78 is 11.1. The molecule has 2 aliphatic carbocycles. The van der Waals surface area contributed by atoms with Gasteiger partial charge < -0.3 is 19.7 Å². The minimum Gasteiger partial charge on any atom is -0.508 e. The van der Waals surface area contributed by atoms with Crippen LogP contribution in [-0.2, 0) is 9.47 Å². The molecular weight excluding hydrogens is 342 g/mol. The molecular formula is C22H25NO4. The summed E-state index contributed by atoms with van der Waals surface area (Å²) in [4.78, 5) is 2.42. The normalized spacial score (nSPS) is 32.0.